The first-order chi connectivity index (χ1) is 11.1. The van der Waals surface area contributed by atoms with Gasteiger partial charge < -0.3 is 10.3 Å². The Morgan fingerprint density at radius 3 is 2.91 bits per heavy atom. The molecular formula is C15H11ClN4O2S. The summed E-state index contributed by atoms with van der Waals surface area (Å²) in [7, 11) is 0. The molecule has 0 atom stereocenters. The number of carbonyl (C=O) groups is 1. The van der Waals surface area contributed by atoms with Crippen molar-refractivity contribution in [1.82, 2.24) is 20.3 Å². The van der Waals surface area contributed by atoms with Crippen LogP contribution in [-0.4, -0.2) is 20.9 Å². The number of rotatable bonds is 4. The molecule has 3 aromatic rings. The zero-order valence-electron chi connectivity index (χ0n) is 11.7. The van der Waals surface area contributed by atoms with Crippen molar-refractivity contribution in [2.24, 2.45) is 0 Å². The van der Waals surface area contributed by atoms with Crippen LogP contribution in [-0.2, 0) is 6.54 Å². The standard InChI is InChI=1S/C15H11ClN4O2S/c16-13-4-3-12(23-13)10-6-11(20-15(22)19-10)14(21)18-8-9-2-1-5-17-7-9/h1-7H,8H2,(H,18,21)(H,19,20,22). The smallest absolute Gasteiger partial charge is 0.346 e. The maximum atomic E-state index is 12.2. The predicted octanol–water partition coefficient (Wildman–Crippen LogP) is 2.48. The number of halogens is 1. The molecule has 0 aliphatic carbocycles. The van der Waals surface area contributed by atoms with Crippen molar-refractivity contribution in [3.8, 4) is 10.6 Å². The van der Waals surface area contributed by atoms with Gasteiger partial charge in [-0.2, -0.15) is 4.98 Å². The molecule has 1 amide bonds. The number of amides is 1. The summed E-state index contributed by atoms with van der Waals surface area (Å²) in [6.45, 7) is 0.307. The lowest BCUT2D eigenvalue weighted by atomic mass is 10.2. The second-order valence-corrected chi connectivity index (χ2v) is 6.35. The first-order valence-corrected chi connectivity index (χ1v) is 7.85. The largest absolute Gasteiger partial charge is 0.347 e. The van der Waals surface area contributed by atoms with E-state index in [0.29, 0.717) is 16.6 Å². The fourth-order valence-corrected chi connectivity index (χ4v) is 2.96. The van der Waals surface area contributed by atoms with E-state index < -0.39 is 11.6 Å². The summed E-state index contributed by atoms with van der Waals surface area (Å²) in [5, 5.41) is 2.71. The monoisotopic (exact) mass is 346 g/mol. The molecule has 0 aliphatic rings. The van der Waals surface area contributed by atoms with Gasteiger partial charge in [0, 0.05) is 18.9 Å². The van der Waals surface area contributed by atoms with Crippen molar-refractivity contribution in [2.45, 2.75) is 6.54 Å². The number of thiophene rings is 1. The fourth-order valence-electron chi connectivity index (χ4n) is 1.94. The van der Waals surface area contributed by atoms with E-state index in [-0.39, 0.29) is 5.69 Å². The maximum Gasteiger partial charge on any atom is 0.346 e. The minimum atomic E-state index is -0.585. The Kier molecular flexibility index (Phi) is 4.50. The Hall–Kier alpha value is -2.51. The molecule has 3 rings (SSSR count). The molecule has 3 heterocycles. The molecular weight excluding hydrogens is 336 g/mol. The van der Waals surface area contributed by atoms with Crippen molar-refractivity contribution in [1.29, 1.82) is 0 Å². The number of hydrogen-bond donors (Lipinski definition) is 2. The number of H-pyrrole nitrogens is 1. The number of nitrogens with zero attached hydrogens (tertiary/aromatic N) is 2. The molecule has 2 N–H and O–H groups in total. The molecule has 23 heavy (non-hydrogen) atoms. The fraction of sp³-hybridized carbons (Fsp3) is 0.0667. The lowest BCUT2D eigenvalue weighted by molar-refractivity contribution is 0.0945. The van der Waals surface area contributed by atoms with Gasteiger partial charge in [0.25, 0.3) is 5.91 Å². The summed E-state index contributed by atoms with van der Waals surface area (Å²) in [4.78, 5) is 34.9. The van der Waals surface area contributed by atoms with E-state index in [1.54, 1.807) is 30.6 Å². The third-order valence-corrected chi connectivity index (χ3v) is 4.26. The van der Waals surface area contributed by atoms with Crippen LogP contribution in [0.15, 0.2) is 47.5 Å². The highest BCUT2D eigenvalue weighted by Gasteiger charge is 2.12. The van der Waals surface area contributed by atoms with Crippen LogP contribution >= 0.6 is 22.9 Å². The summed E-state index contributed by atoms with van der Waals surface area (Å²) in [6.07, 6.45) is 3.31. The first-order valence-electron chi connectivity index (χ1n) is 6.66. The summed E-state index contributed by atoms with van der Waals surface area (Å²) in [5.74, 6) is -0.427. The molecule has 0 aliphatic heterocycles. The molecule has 0 saturated carbocycles. The van der Waals surface area contributed by atoms with Crippen LogP contribution in [0, 0.1) is 0 Å². The van der Waals surface area contributed by atoms with Gasteiger partial charge in [-0.3, -0.25) is 9.78 Å². The normalized spacial score (nSPS) is 10.5. The van der Waals surface area contributed by atoms with Crippen LogP contribution in [0.4, 0.5) is 0 Å². The van der Waals surface area contributed by atoms with Crippen LogP contribution in [0.3, 0.4) is 0 Å². The van der Waals surface area contributed by atoms with E-state index in [4.69, 9.17) is 11.6 Å². The molecule has 0 bridgehead atoms. The van der Waals surface area contributed by atoms with Crippen LogP contribution in [0.25, 0.3) is 10.6 Å². The summed E-state index contributed by atoms with van der Waals surface area (Å²) in [5.41, 5.74) is 0.833. The third-order valence-electron chi connectivity index (χ3n) is 2.99. The zero-order valence-corrected chi connectivity index (χ0v) is 13.3. The van der Waals surface area contributed by atoms with Crippen molar-refractivity contribution in [3.63, 3.8) is 0 Å². The van der Waals surface area contributed by atoms with Crippen molar-refractivity contribution in [3.05, 3.63) is 68.8 Å². The van der Waals surface area contributed by atoms with Gasteiger partial charge >= 0.3 is 5.69 Å². The number of hydrogen-bond acceptors (Lipinski definition) is 5. The van der Waals surface area contributed by atoms with Crippen molar-refractivity contribution < 1.29 is 4.79 Å². The molecule has 6 nitrogen and oxygen atoms in total. The second-order valence-electron chi connectivity index (χ2n) is 4.63. The van der Waals surface area contributed by atoms with E-state index in [0.717, 1.165) is 10.4 Å². The van der Waals surface area contributed by atoms with Gasteiger partial charge in [0.05, 0.1) is 14.9 Å². The van der Waals surface area contributed by atoms with Gasteiger partial charge in [0.15, 0.2) is 0 Å². The van der Waals surface area contributed by atoms with Crippen LogP contribution in [0.5, 0.6) is 0 Å². The van der Waals surface area contributed by atoms with Crippen LogP contribution in [0.1, 0.15) is 16.1 Å². The summed E-state index contributed by atoms with van der Waals surface area (Å²) >= 11 is 7.20. The average Bonchev–Trinajstić information content (AvgIpc) is 2.99. The van der Waals surface area contributed by atoms with Crippen LogP contribution in [0.2, 0.25) is 4.34 Å². The summed E-state index contributed by atoms with van der Waals surface area (Å²) < 4.78 is 0.597. The van der Waals surface area contributed by atoms with Gasteiger partial charge in [0.2, 0.25) is 0 Å². The predicted molar refractivity (Wildman–Crippen MR) is 88.6 cm³/mol. The maximum absolute atomic E-state index is 12.2. The molecule has 0 radical (unpaired) electrons. The number of aromatic nitrogens is 3. The van der Waals surface area contributed by atoms with Gasteiger partial charge in [-0.25, -0.2) is 4.79 Å². The number of carbonyl (C=O) groups excluding carboxylic acids is 1. The lowest BCUT2D eigenvalue weighted by Crippen LogP contribution is -2.27. The highest BCUT2D eigenvalue weighted by molar-refractivity contribution is 7.19. The third kappa shape index (κ3) is 3.82. The van der Waals surface area contributed by atoms with E-state index in [1.807, 2.05) is 6.07 Å². The van der Waals surface area contributed by atoms with Gasteiger partial charge in [-0.15, -0.1) is 11.3 Å². The molecule has 0 fully saturated rings. The Morgan fingerprint density at radius 2 is 2.22 bits per heavy atom. The Bertz CT molecular complexity index is 892. The molecule has 0 aromatic carbocycles. The Balaban J connectivity index is 1.80. The highest BCUT2D eigenvalue weighted by atomic mass is 35.5. The SMILES string of the molecule is O=C(NCc1cccnc1)c1cc(-c2ccc(Cl)s2)[nH]c(=O)n1. The molecule has 8 heteroatoms. The summed E-state index contributed by atoms with van der Waals surface area (Å²) in [6, 6.07) is 8.66. The topological polar surface area (TPSA) is 87.7 Å². The van der Waals surface area contributed by atoms with Crippen LogP contribution < -0.4 is 11.0 Å². The minimum Gasteiger partial charge on any atom is -0.347 e. The van der Waals surface area contributed by atoms with Gasteiger partial charge in [-0.05, 0) is 29.8 Å². The Morgan fingerprint density at radius 1 is 1.35 bits per heavy atom. The number of nitrogens with one attached hydrogen (secondary N) is 2. The minimum absolute atomic E-state index is 0.0529. The van der Waals surface area contributed by atoms with Gasteiger partial charge in [0.1, 0.15) is 5.69 Å². The van der Waals surface area contributed by atoms with Gasteiger partial charge in [-0.1, -0.05) is 17.7 Å². The number of pyridine rings is 1. The van der Waals surface area contributed by atoms with E-state index in [1.165, 1.54) is 17.4 Å². The second kappa shape index (κ2) is 6.72. The lowest BCUT2D eigenvalue weighted by Gasteiger charge is -2.05. The van der Waals surface area contributed by atoms with E-state index >= 15 is 0 Å². The molecule has 116 valence electrons. The molecule has 0 spiro atoms. The quantitative estimate of drug-likeness (QED) is 0.759. The highest BCUT2D eigenvalue weighted by Crippen LogP contribution is 2.29. The van der Waals surface area contributed by atoms with Crippen molar-refractivity contribution in [2.75, 3.05) is 0 Å². The van der Waals surface area contributed by atoms with E-state index in [9.17, 15) is 9.59 Å². The number of aromatic amines is 1. The zero-order chi connectivity index (χ0) is 16.2. The van der Waals surface area contributed by atoms with E-state index in [2.05, 4.69) is 20.3 Å². The Labute approximate surface area is 140 Å². The molecule has 0 saturated heterocycles. The molecule has 3 aromatic heterocycles. The first kappa shape index (κ1) is 15.4. The molecule has 0 unspecified atom stereocenters. The average molecular weight is 347 g/mol. The van der Waals surface area contributed by atoms with Crippen molar-refractivity contribution >= 4 is 28.8 Å².